The van der Waals surface area contributed by atoms with Crippen LogP contribution >= 0.6 is 22.9 Å². The number of aromatic nitrogens is 1. The van der Waals surface area contributed by atoms with Crippen LogP contribution in [0.4, 0.5) is 5.69 Å². The Labute approximate surface area is 124 Å². The van der Waals surface area contributed by atoms with Gasteiger partial charge in [0.05, 0.1) is 20.9 Å². The first-order valence-corrected chi connectivity index (χ1v) is 8.26. The molecule has 1 unspecified atom stereocenters. The Balaban J connectivity index is 2.00. The van der Waals surface area contributed by atoms with E-state index in [1.54, 1.807) is 11.3 Å². The van der Waals surface area contributed by atoms with E-state index in [-0.39, 0.29) is 0 Å². The van der Waals surface area contributed by atoms with E-state index >= 15 is 0 Å². The van der Waals surface area contributed by atoms with E-state index in [9.17, 15) is 0 Å². The zero-order valence-electron chi connectivity index (χ0n) is 11.6. The van der Waals surface area contributed by atoms with Crippen LogP contribution in [0.15, 0.2) is 17.6 Å². The number of fused-ring (bicyclic) bond motifs is 1. The lowest BCUT2D eigenvalue weighted by Gasteiger charge is -2.16. The van der Waals surface area contributed by atoms with E-state index in [0.29, 0.717) is 6.04 Å². The van der Waals surface area contributed by atoms with Gasteiger partial charge in [-0.25, -0.2) is 4.98 Å². The molecule has 1 heterocycles. The Kier molecular flexibility index (Phi) is 5.46. The van der Waals surface area contributed by atoms with Crippen molar-refractivity contribution in [3.63, 3.8) is 0 Å². The topological polar surface area (TPSA) is 24.9 Å². The molecule has 1 N–H and O–H groups in total. The van der Waals surface area contributed by atoms with Crippen LogP contribution in [-0.2, 0) is 0 Å². The molecule has 1 aromatic carbocycles. The first-order valence-electron chi connectivity index (χ1n) is 7.00. The largest absolute Gasteiger partial charge is 0.380 e. The fourth-order valence-corrected chi connectivity index (χ4v) is 3.13. The third kappa shape index (κ3) is 3.83. The molecule has 4 heteroatoms. The third-order valence-electron chi connectivity index (χ3n) is 3.33. The second-order valence-corrected chi connectivity index (χ2v) is 6.31. The van der Waals surface area contributed by atoms with Gasteiger partial charge in [0.2, 0.25) is 0 Å². The minimum atomic E-state index is 0.432. The molecular formula is C15H21ClN2S. The van der Waals surface area contributed by atoms with Gasteiger partial charge in [0.1, 0.15) is 5.52 Å². The number of rotatable bonds is 7. The lowest BCUT2D eigenvalue weighted by Crippen LogP contribution is -2.15. The van der Waals surface area contributed by atoms with Gasteiger partial charge >= 0.3 is 0 Å². The molecule has 0 aliphatic heterocycles. The molecule has 19 heavy (non-hydrogen) atoms. The number of anilines is 1. The zero-order valence-corrected chi connectivity index (χ0v) is 13.2. The molecule has 0 amide bonds. The van der Waals surface area contributed by atoms with Gasteiger partial charge in [0.15, 0.2) is 0 Å². The Bertz CT molecular complexity index is 524. The first-order chi connectivity index (χ1) is 9.22. The summed E-state index contributed by atoms with van der Waals surface area (Å²) in [6.07, 6.45) is 6.38. The van der Waals surface area contributed by atoms with Gasteiger partial charge in [-0.1, -0.05) is 44.2 Å². The Morgan fingerprint density at radius 2 is 2.16 bits per heavy atom. The maximum absolute atomic E-state index is 6.29. The standard InChI is InChI=1S/C15H21ClN2S/c1-3-4-5-6-7-11(2)18-14-12(16)8-9-13-15(14)17-10-19-13/h8-11,18H,3-7H2,1-2H3. The van der Waals surface area contributed by atoms with Crippen molar-refractivity contribution >= 4 is 38.8 Å². The lowest BCUT2D eigenvalue weighted by atomic mass is 10.1. The average molecular weight is 297 g/mol. The highest BCUT2D eigenvalue weighted by Gasteiger charge is 2.11. The number of hydrogen-bond donors (Lipinski definition) is 1. The Morgan fingerprint density at radius 1 is 1.32 bits per heavy atom. The quantitative estimate of drug-likeness (QED) is 0.661. The lowest BCUT2D eigenvalue weighted by molar-refractivity contribution is 0.594. The molecule has 2 rings (SSSR count). The van der Waals surface area contributed by atoms with Gasteiger partial charge < -0.3 is 5.32 Å². The highest BCUT2D eigenvalue weighted by molar-refractivity contribution is 7.16. The number of hydrogen-bond acceptors (Lipinski definition) is 3. The van der Waals surface area contributed by atoms with Crippen molar-refractivity contribution in [2.24, 2.45) is 0 Å². The van der Waals surface area contributed by atoms with E-state index in [1.807, 2.05) is 17.6 Å². The van der Waals surface area contributed by atoms with Gasteiger partial charge in [-0.3, -0.25) is 0 Å². The van der Waals surface area contributed by atoms with Crippen LogP contribution < -0.4 is 5.32 Å². The van der Waals surface area contributed by atoms with Crippen LogP contribution in [0, 0.1) is 0 Å². The van der Waals surface area contributed by atoms with E-state index in [1.165, 1.54) is 36.8 Å². The molecule has 0 spiro atoms. The fourth-order valence-electron chi connectivity index (χ4n) is 2.24. The summed E-state index contributed by atoms with van der Waals surface area (Å²) in [5.41, 5.74) is 3.86. The molecule has 0 saturated heterocycles. The summed E-state index contributed by atoms with van der Waals surface area (Å²) < 4.78 is 1.19. The smallest absolute Gasteiger partial charge is 0.106 e. The number of unbranched alkanes of at least 4 members (excludes halogenated alkanes) is 3. The van der Waals surface area contributed by atoms with E-state index < -0.39 is 0 Å². The molecule has 2 aromatic rings. The van der Waals surface area contributed by atoms with Crippen LogP contribution in [0.25, 0.3) is 10.2 Å². The predicted octanol–water partition coefficient (Wildman–Crippen LogP) is 5.72. The van der Waals surface area contributed by atoms with Crippen LogP contribution in [0.2, 0.25) is 5.02 Å². The monoisotopic (exact) mass is 296 g/mol. The molecule has 0 saturated carbocycles. The minimum Gasteiger partial charge on any atom is -0.380 e. The summed E-state index contributed by atoms with van der Waals surface area (Å²) in [6, 6.07) is 4.42. The highest BCUT2D eigenvalue weighted by Crippen LogP contribution is 2.33. The second kappa shape index (κ2) is 7.11. The maximum Gasteiger partial charge on any atom is 0.106 e. The molecule has 1 atom stereocenters. The van der Waals surface area contributed by atoms with Gasteiger partial charge in [-0.2, -0.15) is 0 Å². The van der Waals surface area contributed by atoms with E-state index in [4.69, 9.17) is 11.6 Å². The van der Waals surface area contributed by atoms with Crippen molar-refractivity contribution in [1.82, 2.24) is 4.98 Å². The first kappa shape index (κ1) is 14.6. The van der Waals surface area contributed by atoms with Gasteiger partial charge in [-0.15, -0.1) is 11.3 Å². The summed E-state index contributed by atoms with van der Waals surface area (Å²) in [5.74, 6) is 0. The Morgan fingerprint density at radius 3 is 2.95 bits per heavy atom. The normalized spacial score (nSPS) is 12.8. The van der Waals surface area contributed by atoms with Crippen molar-refractivity contribution < 1.29 is 0 Å². The zero-order chi connectivity index (χ0) is 13.7. The molecular weight excluding hydrogens is 276 g/mol. The number of thiazole rings is 1. The van der Waals surface area contributed by atoms with E-state index in [0.717, 1.165) is 16.2 Å². The number of nitrogens with one attached hydrogen (secondary N) is 1. The number of halogens is 1. The maximum atomic E-state index is 6.29. The van der Waals surface area contributed by atoms with Gasteiger partial charge in [-0.05, 0) is 25.5 Å². The molecule has 0 aliphatic rings. The molecule has 104 valence electrons. The van der Waals surface area contributed by atoms with Crippen LogP contribution in [0.5, 0.6) is 0 Å². The average Bonchev–Trinajstić information content (AvgIpc) is 2.87. The van der Waals surface area contributed by atoms with Crippen molar-refractivity contribution in [2.45, 2.75) is 52.0 Å². The van der Waals surface area contributed by atoms with Crippen LogP contribution in [-0.4, -0.2) is 11.0 Å². The number of benzene rings is 1. The summed E-state index contributed by atoms with van der Waals surface area (Å²) in [7, 11) is 0. The van der Waals surface area contributed by atoms with Gasteiger partial charge in [0, 0.05) is 6.04 Å². The Hall–Kier alpha value is -0.800. The van der Waals surface area contributed by atoms with Crippen molar-refractivity contribution in [3.05, 3.63) is 22.7 Å². The summed E-state index contributed by atoms with van der Waals surface area (Å²) >= 11 is 7.94. The molecule has 2 nitrogen and oxygen atoms in total. The summed E-state index contributed by atoms with van der Waals surface area (Å²) in [4.78, 5) is 4.41. The fraction of sp³-hybridized carbons (Fsp3) is 0.533. The highest BCUT2D eigenvalue weighted by atomic mass is 35.5. The van der Waals surface area contributed by atoms with Crippen LogP contribution in [0.3, 0.4) is 0 Å². The van der Waals surface area contributed by atoms with Crippen molar-refractivity contribution in [2.75, 3.05) is 5.32 Å². The minimum absolute atomic E-state index is 0.432. The summed E-state index contributed by atoms with van der Waals surface area (Å²) in [5, 5.41) is 4.29. The second-order valence-electron chi connectivity index (χ2n) is 5.02. The predicted molar refractivity (Wildman–Crippen MR) is 86.5 cm³/mol. The third-order valence-corrected chi connectivity index (χ3v) is 4.44. The summed E-state index contributed by atoms with van der Waals surface area (Å²) in [6.45, 7) is 4.46. The van der Waals surface area contributed by atoms with Crippen molar-refractivity contribution in [3.8, 4) is 0 Å². The van der Waals surface area contributed by atoms with Crippen LogP contribution in [0.1, 0.15) is 46.0 Å². The number of nitrogens with zero attached hydrogens (tertiary/aromatic N) is 1. The molecule has 0 bridgehead atoms. The molecule has 0 fully saturated rings. The van der Waals surface area contributed by atoms with Gasteiger partial charge in [0.25, 0.3) is 0 Å². The molecule has 0 aliphatic carbocycles. The molecule has 0 radical (unpaired) electrons. The molecule has 1 aromatic heterocycles. The van der Waals surface area contributed by atoms with Crippen molar-refractivity contribution in [1.29, 1.82) is 0 Å². The SMILES string of the molecule is CCCCCCC(C)Nc1c(Cl)ccc2scnc12. The van der Waals surface area contributed by atoms with E-state index in [2.05, 4.69) is 24.1 Å².